The standard InChI is InChI=1S/C25H25F3N2O3S/c1-17(2)19-9-11-22(12-10-19)30(34(32,33)23-13-7-18(3)8-14-23)16-24(31)29-21-6-4-5-20(15-21)25(26,27)28/h4-15,17H,16H2,1-3H3,(H,29,31). The monoisotopic (exact) mass is 490 g/mol. The van der Waals surface area contributed by atoms with E-state index >= 15 is 0 Å². The molecule has 0 aliphatic rings. The van der Waals surface area contributed by atoms with Crippen molar-refractivity contribution in [2.24, 2.45) is 0 Å². The molecule has 180 valence electrons. The molecular weight excluding hydrogens is 465 g/mol. The summed E-state index contributed by atoms with van der Waals surface area (Å²) in [5.74, 6) is -0.552. The Morgan fingerprint density at radius 1 is 0.971 bits per heavy atom. The summed E-state index contributed by atoms with van der Waals surface area (Å²) in [6, 6.07) is 17.1. The Morgan fingerprint density at radius 3 is 2.15 bits per heavy atom. The fraction of sp³-hybridized carbons (Fsp3) is 0.240. The first kappa shape index (κ1) is 25.3. The largest absolute Gasteiger partial charge is 0.416 e. The lowest BCUT2D eigenvalue weighted by Crippen LogP contribution is -2.38. The summed E-state index contributed by atoms with van der Waals surface area (Å²) in [6.07, 6.45) is -4.57. The number of hydrogen-bond donors (Lipinski definition) is 1. The number of aryl methyl sites for hydroxylation is 1. The van der Waals surface area contributed by atoms with Gasteiger partial charge in [-0.3, -0.25) is 9.10 Å². The van der Waals surface area contributed by atoms with Crippen LogP contribution in [-0.2, 0) is 21.0 Å². The molecular formula is C25H25F3N2O3S. The highest BCUT2D eigenvalue weighted by molar-refractivity contribution is 7.92. The first-order valence-corrected chi connectivity index (χ1v) is 12.0. The number of carbonyl (C=O) groups excluding carboxylic acids is 1. The highest BCUT2D eigenvalue weighted by atomic mass is 32.2. The van der Waals surface area contributed by atoms with Crippen LogP contribution in [0.25, 0.3) is 0 Å². The second-order valence-corrected chi connectivity index (χ2v) is 10.1. The number of hydrogen-bond acceptors (Lipinski definition) is 3. The number of rotatable bonds is 7. The van der Waals surface area contributed by atoms with E-state index in [1.54, 1.807) is 36.4 Å². The molecule has 0 bridgehead atoms. The number of benzene rings is 3. The molecule has 1 amide bonds. The van der Waals surface area contributed by atoms with Gasteiger partial charge >= 0.3 is 6.18 Å². The smallest absolute Gasteiger partial charge is 0.325 e. The van der Waals surface area contributed by atoms with Crippen LogP contribution < -0.4 is 9.62 Å². The lowest BCUT2D eigenvalue weighted by atomic mass is 10.0. The van der Waals surface area contributed by atoms with Gasteiger partial charge in [-0.2, -0.15) is 13.2 Å². The lowest BCUT2D eigenvalue weighted by Gasteiger charge is -2.24. The van der Waals surface area contributed by atoms with Crippen molar-refractivity contribution in [3.63, 3.8) is 0 Å². The van der Waals surface area contributed by atoms with E-state index in [2.05, 4.69) is 5.32 Å². The van der Waals surface area contributed by atoms with Crippen molar-refractivity contribution < 1.29 is 26.4 Å². The van der Waals surface area contributed by atoms with Crippen LogP contribution in [0.4, 0.5) is 24.5 Å². The predicted octanol–water partition coefficient (Wildman–Crippen LogP) is 5.97. The summed E-state index contributed by atoms with van der Waals surface area (Å²) in [5, 5.41) is 2.37. The van der Waals surface area contributed by atoms with Gasteiger partial charge in [-0.25, -0.2) is 8.42 Å². The minimum Gasteiger partial charge on any atom is -0.325 e. The first-order valence-electron chi connectivity index (χ1n) is 10.5. The molecule has 0 radical (unpaired) electrons. The van der Waals surface area contributed by atoms with Crippen LogP contribution in [0.15, 0.2) is 77.7 Å². The highest BCUT2D eigenvalue weighted by Gasteiger charge is 2.31. The number of nitrogens with zero attached hydrogens (tertiary/aromatic N) is 1. The molecule has 0 saturated heterocycles. The molecule has 0 saturated carbocycles. The van der Waals surface area contributed by atoms with Gasteiger partial charge in [0, 0.05) is 5.69 Å². The first-order chi connectivity index (χ1) is 15.9. The van der Waals surface area contributed by atoms with E-state index in [1.165, 1.54) is 24.3 Å². The normalized spacial score (nSPS) is 12.0. The molecule has 0 aliphatic carbocycles. The highest BCUT2D eigenvalue weighted by Crippen LogP contribution is 2.31. The minimum absolute atomic E-state index is 0.00194. The molecule has 9 heteroatoms. The zero-order valence-corrected chi connectivity index (χ0v) is 19.7. The van der Waals surface area contributed by atoms with Gasteiger partial charge in [-0.1, -0.05) is 49.7 Å². The van der Waals surface area contributed by atoms with Crippen molar-refractivity contribution in [2.45, 2.75) is 37.8 Å². The quantitative estimate of drug-likeness (QED) is 0.444. The maximum atomic E-state index is 13.4. The average molecular weight is 491 g/mol. The molecule has 0 fully saturated rings. The number of amides is 1. The van der Waals surface area contributed by atoms with Crippen molar-refractivity contribution >= 4 is 27.3 Å². The summed E-state index contributed by atoms with van der Waals surface area (Å²) in [6.45, 7) is 5.20. The second kappa shape index (κ2) is 9.89. The van der Waals surface area contributed by atoms with Crippen LogP contribution in [0.3, 0.4) is 0 Å². The van der Waals surface area contributed by atoms with E-state index in [4.69, 9.17) is 0 Å². The van der Waals surface area contributed by atoms with E-state index in [9.17, 15) is 26.4 Å². The minimum atomic E-state index is -4.57. The molecule has 1 N–H and O–H groups in total. The van der Waals surface area contributed by atoms with Crippen LogP contribution in [0.5, 0.6) is 0 Å². The number of anilines is 2. The summed E-state index contributed by atoms with van der Waals surface area (Å²) >= 11 is 0. The Kier molecular flexibility index (Phi) is 7.35. The van der Waals surface area contributed by atoms with Crippen molar-refractivity contribution in [3.05, 3.63) is 89.5 Å². The SMILES string of the molecule is Cc1ccc(S(=O)(=O)N(CC(=O)Nc2cccc(C(F)(F)F)c2)c2ccc(C(C)C)cc2)cc1. The van der Waals surface area contributed by atoms with Gasteiger partial charge < -0.3 is 5.32 Å². The van der Waals surface area contributed by atoms with Crippen LogP contribution >= 0.6 is 0 Å². The fourth-order valence-corrected chi connectivity index (χ4v) is 4.70. The molecule has 0 aromatic heterocycles. The Balaban J connectivity index is 1.94. The lowest BCUT2D eigenvalue weighted by molar-refractivity contribution is -0.137. The third-order valence-corrected chi connectivity index (χ3v) is 7.01. The summed E-state index contributed by atoms with van der Waals surface area (Å²) in [5.41, 5.74) is 1.13. The van der Waals surface area contributed by atoms with E-state index in [0.717, 1.165) is 27.6 Å². The van der Waals surface area contributed by atoms with Crippen molar-refractivity contribution in [2.75, 3.05) is 16.2 Å². The van der Waals surface area contributed by atoms with Gasteiger partial charge in [-0.05, 0) is 60.9 Å². The van der Waals surface area contributed by atoms with E-state index in [1.807, 2.05) is 20.8 Å². The molecule has 3 rings (SSSR count). The number of alkyl halides is 3. The summed E-state index contributed by atoms with van der Waals surface area (Å²) in [4.78, 5) is 12.8. The molecule has 5 nitrogen and oxygen atoms in total. The van der Waals surface area contributed by atoms with Crippen LogP contribution in [0.1, 0.15) is 36.5 Å². The maximum absolute atomic E-state index is 13.4. The van der Waals surface area contributed by atoms with Crippen molar-refractivity contribution in [1.29, 1.82) is 0 Å². The molecule has 0 spiro atoms. The van der Waals surface area contributed by atoms with Gasteiger partial charge in [0.05, 0.1) is 16.1 Å². The average Bonchev–Trinajstić information content (AvgIpc) is 2.77. The maximum Gasteiger partial charge on any atom is 0.416 e. The summed E-state index contributed by atoms with van der Waals surface area (Å²) in [7, 11) is -4.13. The van der Waals surface area contributed by atoms with E-state index < -0.39 is 34.2 Å². The van der Waals surface area contributed by atoms with E-state index in [-0.39, 0.29) is 22.2 Å². The third-order valence-electron chi connectivity index (χ3n) is 5.22. The Bertz CT molecular complexity index is 1250. The molecule has 3 aromatic carbocycles. The Labute approximate surface area is 197 Å². The molecule has 34 heavy (non-hydrogen) atoms. The van der Waals surface area contributed by atoms with Gasteiger partial charge in [0.25, 0.3) is 10.0 Å². The zero-order valence-electron chi connectivity index (χ0n) is 18.9. The third kappa shape index (κ3) is 5.96. The van der Waals surface area contributed by atoms with E-state index in [0.29, 0.717) is 0 Å². The number of carbonyl (C=O) groups is 1. The van der Waals surface area contributed by atoms with Crippen LogP contribution in [-0.4, -0.2) is 20.9 Å². The van der Waals surface area contributed by atoms with Gasteiger partial charge in [0.1, 0.15) is 6.54 Å². The molecule has 0 unspecified atom stereocenters. The number of sulfonamides is 1. The fourth-order valence-electron chi connectivity index (χ4n) is 3.28. The molecule has 0 atom stereocenters. The topological polar surface area (TPSA) is 66.5 Å². The van der Waals surface area contributed by atoms with Gasteiger partial charge in [0.15, 0.2) is 0 Å². The molecule has 0 heterocycles. The molecule has 3 aromatic rings. The zero-order chi connectivity index (χ0) is 25.1. The Hall–Kier alpha value is -3.33. The van der Waals surface area contributed by atoms with Crippen LogP contribution in [0.2, 0.25) is 0 Å². The number of halogens is 3. The van der Waals surface area contributed by atoms with Crippen molar-refractivity contribution in [3.8, 4) is 0 Å². The predicted molar refractivity (Wildman–Crippen MR) is 126 cm³/mol. The Morgan fingerprint density at radius 2 is 1.59 bits per heavy atom. The number of nitrogens with one attached hydrogen (secondary N) is 1. The molecule has 0 aliphatic heterocycles. The van der Waals surface area contributed by atoms with Gasteiger partial charge in [0.2, 0.25) is 5.91 Å². The second-order valence-electron chi connectivity index (χ2n) is 8.20. The van der Waals surface area contributed by atoms with Gasteiger partial charge in [-0.15, -0.1) is 0 Å². The van der Waals surface area contributed by atoms with Crippen molar-refractivity contribution in [1.82, 2.24) is 0 Å². The summed E-state index contributed by atoms with van der Waals surface area (Å²) < 4.78 is 66.8. The van der Waals surface area contributed by atoms with Crippen LogP contribution in [0, 0.1) is 6.92 Å².